The van der Waals surface area contributed by atoms with Crippen LogP contribution in [0.2, 0.25) is 0 Å². The minimum Gasteiger partial charge on any atom is -0.0622 e. The van der Waals surface area contributed by atoms with Gasteiger partial charge in [-0.25, -0.2) is 0 Å². The van der Waals surface area contributed by atoms with Crippen LogP contribution in [0.15, 0.2) is 206 Å². The maximum absolute atomic E-state index is 3.31. The third kappa shape index (κ3) is 9.32. The third-order valence-electron chi connectivity index (χ3n) is 9.26. The monoisotopic (exact) mass is 706 g/mol. The van der Waals surface area contributed by atoms with Gasteiger partial charge in [0, 0.05) is 44.5 Å². The van der Waals surface area contributed by atoms with Crippen LogP contribution in [0.25, 0.3) is 33.4 Å². The lowest BCUT2D eigenvalue weighted by Crippen LogP contribution is -1.83. The van der Waals surface area contributed by atoms with Gasteiger partial charge >= 0.3 is 0 Å². The second kappa shape index (κ2) is 17.2. The highest BCUT2D eigenvalue weighted by Gasteiger charge is 2.01. The molecule has 8 aromatic carbocycles. The van der Waals surface area contributed by atoms with Gasteiger partial charge in [0.15, 0.2) is 0 Å². The van der Waals surface area contributed by atoms with Crippen molar-refractivity contribution in [1.29, 1.82) is 0 Å². The van der Waals surface area contributed by atoms with E-state index in [1.165, 1.54) is 0 Å². The van der Waals surface area contributed by atoms with Crippen molar-refractivity contribution in [3.63, 3.8) is 0 Å². The van der Waals surface area contributed by atoms with Crippen LogP contribution in [0, 0.1) is 47.4 Å². The SMILES string of the molecule is C(#Cc1ccc(-c2ccc(C#Cc3ccc(-c4ccc(C#Cc5ccc(-c6ccc(C#Cc7ccccc7)cc6)cc5)cc4)cc3)cc2)cc1)c1ccccc1. The summed E-state index contributed by atoms with van der Waals surface area (Å²) in [7, 11) is 0. The molecule has 56 heavy (non-hydrogen) atoms. The van der Waals surface area contributed by atoms with Gasteiger partial charge in [0.25, 0.3) is 0 Å². The normalized spacial score (nSPS) is 9.93. The van der Waals surface area contributed by atoms with Gasteiger partial charge in [0.1, 0.15) is 0 Å². The predicted molar refractivity (Wildman–Crippen MR) is 232 cm³/mol. The van der Waals surface area contributed by atoms with Crippen LogP contribution < -0.4 is 0 Å². The molecule has 0 saturated heterocycles. The Balaban J connectivity index is 0.847. The highest BCUT2D eigenvalue weighted by Crippen LogP contribution is 2.23. The van der Waals surface area contributed by atoms with Gasteiger partial charge in [-0.3, -0.25) is 0 Å². The quantitative estimate of drug-likeness (QED) is 0.161. The zero-order valence-corrected chi connectivity index (χ0v) is 30.6. The van der Waals surface area contributed by atoms with E-state index in [0.717, 1.165) is 77.9 Å². The molecule has 0 nitrogen and oxygen atoms in total. The average molecular weight is 707 g/mol. The minimum atomic E-state index is 0.976. The summed E-state index contributed by atoms with van der Waals surface area (Å²) < 4.78 is 0. The first kappa shape index (κ1) is 35.1. The van der Waals surface area contributed by atoms with Crippen LogP contribution in [0.1, 0.15) is 44.5 Å². The molecule has 0 saturated carbocycles. The van der Waals surface area contributed by atoms with Crippen LogP contribution in [0.3, 0.4) is 0 Å². The van der Waals surface area contributed by atoms with E-state index in [9.17, 15) is 0 Å². The second-order valence-electron chi connectivity index (χ2n) is 13.2. The van der Waals surface area contributed by atoms with Gasteiger partial charge in [0.2, 0.25) is 0 Å². The lowest BCUT2D eigenvalue weighted by atomic mass is 10.0. The largest absolute Gasteiger partial charge is 0.0622 e. The van der Waals surface area contributed by atoms with E-state index in [2.05, 4.69) is 193 Å². The van der Waals surface area contributed by atoms with Crippen molar-refractivity contribution in [2.75, 3.05) is 0 Å². The second-order valence-corrected chi connectivity index (χ2v) is 13.2. The van der Waals surface area contributed by atoms with Crippen LogP contribution in [-0.2, 0) is 0 Å². The Morgan fingerprint density at radius 2 is 0.286 bits per heavy atom. The van der Waals surface area contributed by atoms with Gasteiger partial charge < -0.3 is 0 Å². The van der Waals surface area contributed by atoms with E-state index < -0.39 is 0 Å². The molecule has 0 aliphatic heterocycles. The lowest BCUT2D eigenvalue weighted by Gasteiger charge is -2.03. The van der Waals surface area contributed by atoms with E-state index in [0.29, 0.717) is 0 Å². The van der Waals surface area contributed by atoms with Gasteiger partial charge in [-0.15, -0.1) is 0 Å². The molecular weight excluding hydrogens is 673 g/mol. The Morgan fingerprint density at radius 1 is 0.143 bits per heavy atom. The first-order valence-corrected chi connectivity index (χ1v) is 18.5. The summed E-state index contributed by atoms with van der Waals surface area (Å²) >= 11 is 0. The van der Waals surface area contributed by atoms with Gasteiger partial charge in [-0.05, 0) is 130 Å². The topological polar surface area (TPSA) is 0 Å². The lowest BCUT2D eigenvalue weighted by molar-refractivity contribution is 1.56. The molecule has 8 aromatic rings. The fourth-order valence-corrected chi connectivity index (χ4v) is 6.10. The summed E-state index contributed by atoms with van der Waals surface area (Å²) in [5.41, 5.74) is 14.8. The molecule has 0 unspecified atom stereocenters. The van der Waals surface area contributed by atoms with Crippen molar-refractivity contribution in [2.24, 2.45) is 0 Å². The molecule has 0 heteroatoms. The molecule has 0 N–H and O–H groups in total. The maximum atomic E-state index is 3.31. The van der Waals surface area contributed by atoms with Crippen molar-refractivity contribution in [1.82, 2.24) is 0 Å². The molecule has 0 radical (unpaired) electrons. The van der Waals surface area contributed by atoms with Gasteiger partial charge in [-0.2, -0.15) is 0 Å². The number of rotatable bonds is 3. The first-order valence-electron chi connectivity index (χ1n) is 18.5. The molecular formula is C56H34. The molecule has 258 valence electrons. The van der Waals surface area contributed by atoms with Crippen molar-refractivity contribution in [3.05, 3.63) is 251 Å². The predicted octanol–water partition coefficient (Wildman–Crippen LogP) is 12.3. The van der Waals surface area contributed by atoms with Crippen molar-refractivity contribution >= 4 is 0 Å². The fourth-order valence-electron chi connectivity index (χ4n) is 6.10. The molecule has 0 atom stereocenters. The number of hydrogen-bond acceptors (Lipinski definition) is 0. The molecule has 0 fully saturated rings. The summed E-state index contributed by atoms with van der Waals surface area (Å²) in [4.78, 5) is 0. The maximum Gasteiger partial charge on any atom is 0.0249 e. The Kier molecular flexibility index (Phi) is 10.8. The van der Waals surface area contributed by atoms with Crippen LogP contribution in [0.5, 0.6) is 0 Å². The molecule has 8 rings (SSSR count). The standard InChI is InChI=1S/C56H34/c1-3-7-43(8-4-1)11-13-45-19-31-51(32-20-45)53-35-23-47(24-36-53)15-17-49-27-39-55(40-28-49)56-41-29-50(30-42-56)18-16-48-25-37-54(38-26-48)52-33-21-46(22-34-52)14-12-44-9-5-2-6-10-44/h1-10,19-42H. The van der Waals surface area contributed by atoms with Crippen molar-refractivity contribution in [2.45, 2.75) is 0 Å². The van der Waals surface area contributed by atoms with E-state index in [1.807, 2.05) is 60.7 Å². The summed E-state index contributed by atoms with van der Waals surface area (Å²) in [5, 5.41) is 0. The van der Waals surface area contributed by atoms with Gasteiger partial charge in [-0.1, -0.05) is 157 Å². The van der Waals surface area contributed by atoms with E-state index in [-0.39, 0.29) is 0 Å². The Morgan fingerprint density at radius 3 is 0.446 bits per heavy atom. The molecule has 0 heterocycles. The van der Waals surface area contributed by atoms with Crippen molar-refractivity contribution < 1.29 is 0 Å². The summed E-state index contributed by atoms with van der Waals surface area (Å²) in [6, 6.07) is 70.4. The van der Waals surface area contributed by atoms with Crippen molar-refractivity contribution in [3.8, 4) is 80.7 Å². The van der Waals surface area contributed by atoms with E-state index >= 15 is 0 Å². The Labute approximate surface area is 330 Å². The molecule has 0 spiro atoms. The summed E-state index contributed by atoms with van der Waals surface area (Å²) in [5.74, 6) is 26.2. The Bertz CT molecular complexity index is 2610. The van der Waals surface area contributed by atoms with E-state index in [1.54, 1.807) is 0 Å². The zero-order valence-electron chi connectivity index (χ0n) is 30.6. The molecule has 0 bridgehead atoms. The minimum absolute atomic E-state index is 0.976. The van der Waals surface area contributed by atoms with Crippen LogP contribution in [-0.4, -0.2) is 0 Å². The number of hydrogen-bond donors (Lipinski definition) is 0. The molecule has 0 amide bonds. The fraction of sp³-hybridized carbons (Fsp3) is 0. The van der Waals surface area contributed by atoms with Crippen LogP contribution >= 0.6 is 0 Å². The number of benzene rings is 8. The van der Waals surface area contributed by atoms with Gasteiger partial charge in [0.05, 0.1) is 0 Å². The Hall–Kier alpha value is -8.00. The highest BCUT2D eigenvalue weighted by atomic mass is 14.1. The smallest absolute Gasteiger partial charge is 0.0249 e. The zero-order chi connectivity index (χ0) is 37.8. The highest BCUT2D eigenvalue weighted by molar-refractivity contribution is 5.68. The first-order chi connectivity index (χ1) is 27.7. The molecule has 0 aliphatic rings. The third-order valence-corrected chi connectivity index (χ3v) is 9.26. The van der Waals surface area contributed by atoms with Crippen LogP contribution in [0.4, 0.5) is 0 Å². The average Bonchev–Trinajstić information content (AvgIpc) is 3.28. The van der Waals surface area contributed by atoms with E-state index in [4.69, 9.17) is 0 Å². The summed E-state index contributed by atoms with van der Waals surface area (Å²) in [6.45, 7) is 0. The summed E-state index contributed by atoms with van der Waals surface area (Å²) in [6.07, 6.45) is 0. The molecule has 0 aromatic heterocycles. The molecule has 0 aliphatic carbocycles.